The first kappa shape index (κ1) is 15.7. The van der Waals surface area contributed by atoms with Crippen molar-refractivity contribution in [3.8, 4) is 0 Å². The first-order chi connectivity index (χ1) is 1.41. The van der Waals surface area contributed by atoms with E-state index in [9.17, 15) is 0 Å². The van der Waals surface area contributed by atoms with E-state index in [1.165, 1.54) is 0 Å². The van der Waals surface area contributed by atoms with Gasteiger partial charge in [-0.15, -0.1) is 0 Å². The molecule has 1 nitrogen and oxygen atoms in total. The second-order valence-electron chi connectivity index (χ2n) is 0.316. The Kier molecular flexibility index (Phi) is 52.3. The molecule has 0 aromatic carbocycles. The standard InChI is InChI=1S/C2H6O.Pr.Ti/c1-2-3;;/h3H,2H2,1H3;;. The molecule has 0 spiro atoms. The first-order valence-electron chi connectivity index (χ1n) is 1.02. The van der Waals surface area contributed by atoms with Gasteiger partial charge in [-0.05, 0) is 6.92 Å². The third-order valence-corrected chi connectivity index (χ3v) is 0. The van der Waals surface area contributed by atoms with Gasteiger partial charge in [-0.3, -0.25) is 0 Å². The molecular weight excluding hydrogens is 229 g/mol. The Bertz CT molecular complexity index is 9.61. The smallest absolute Gasteiger partial charge is 0.0402 e. The van der Waals surface area contributed by atoms with Crippen LogP contribution in [0.25, 0.3) is 0 Å². The molecule has 0 unspecified atom stereocenters. The van der Waals surface area contributed by atoms with Gasteiger partial charge in [-0.1, -0.05) is 0 Å². The van der Waals surface area contributed by atoms with Crippen molar-refractivity contribution >= 4 is 0 Å². The van der Waals surface area contributed by atoms with E-state index in [1.54, 1.807) is 6.92 Å². The van der Waals surface area contributed by atoms with Gasteiger partial charge in [0.15, 0.2) is 0 Å². The molecule has 1 N–H and O–H groups in total. The summed E-state index contributed by atoms with van der Waals surface area (Å²) >= 11 is 0. The van der Waals surface area contributed by atoms with Gasteiger partial charge in [0.1, 0.15) is 0 Å². The predicted octanol–water partition coefficient (Wildman–Crippen LogP) is -0.00390. The Balaban J connectivity index is -0.0000000200. The summed E-state index contributed by atoms with van der Waals surface area (Å²) in [5, 5.41) is 7.57. The summed E-state index contributed by atoms with van der Waals surface area (Å²) in [7, 11) is 0. The zero-order valence-corrected chi connectivity index (χ0v) is 8.50. The average molecular weight is 235 g/mol. The van der Waals surface area contributed by atoms with Crippen molar-refractivity contribution in [1.29, 1.82) is 0 Å². The summed E-state index contributed by atoms with van der Waals surface area (Å²) < 4.78 is 0. The zero-order chi connectivity index (χ0) is 2.71. The van der Waals surface area contributed by atoms with Crippen LogP contribution in [-0.4, -0.2) is 11.7 Å². The molecule has 0 aliphatic rings. The number of rotatable bonds is 0. The molecule has 0 heterocycles. The summed E-state index contributed by atoms with van der Waals surface area (Å²) in [4.78, 5) is 0. The average Bonchev–Trinajstić information content (AvgIpc) is 0.918. The minimum Gasteiger partial charge on any atom is -0.397 e. The molecule has 0 aliphatic heterocycles. The van der Waals surface area contributed by atoms with Gasteiger partial charge in [0.05, 0.1) is 0 Å². The van der Waals surface area contributed by atoms with Crippen molar-refractivity contribution in [2.24, 2.45) is 0 Å². The molecule has 0 atom stereocenters. The van der Waals surface area contributed by atoms with E-state index < -0.39 is 0 Å². The maximum Gasteiger partial charge on any atom is 0.0402 e. The summed E-state index contributed by atoms with van der Waals surface area (Å²) in [5.74, 6) is 0. The van der Waals surface area contributed by atoms with Gasteiger partial charge < -0.3 is 5.11 Å². The Morgan fingerprint density at radius 3 is 1.60 bits per heavy atom. The van der Waals surface area contributed by atoms with Crippen LogP contribution in [0.5, 0.6) is 0 Å². The molecule has 0 bridgehead atoms. The van der Waals surface area contributed by atoms with Crippen molar-refractivity contribution < 1.29 is 68.1 Å². The van der Waals surface area contributed by atoms with E-state index >= 15 is 0 Å². The quantitative estimate of drug-likeness (QED) is 0.585. The van der Waals surface area contributed by atoms with Crippen LogP contribution in [0.2, 0.25) is 0 Å². The molecule has 1 radical (unpaired) electrons. The molecule has 0 saturated carbocycles. The van der Waals surface area contributed by atoms with Crippen molar-refractivity contribution in [3.63, 3.8) is 0 Å². The van der Waals surface area contributed by atoms with E-state index in [0.29, 0.717) is 0 Å². The summed E-state index contributed by atoms with van der Waals surface area (Å²) in [5.41, 5.74) is 0. The van der Waals surface area contributed by atoms with Crippen molar-refractivity contribution in [2.45, 2.75) is 6.92 Å². The van der Waals surface area contributed by atoms with E-state index in [-0.39, 0.29) is 69.6 Å². The van der Waals surface area contributed by atoms with E-state index in [1.807, 2.05) is 0 Å². The second kappa shape index (κ2) is 16.6. The maximum absolute atomic E-state index is 7.57. The minimum atomic E-state index is 0. The van der Waals surface area contributed by atoms with E-state index in [4.69, 9.17) is 5.11 Å². The topological polar surface area (TPSA) is 20.2 Å². The van der Waals surface area contributed by atoms with Crippen LogP contribution in [0, 0.1) is 41.3 Å². The molecule has 27 valence electrons. The van der Waals surface area contributed by atoms with Crippen LogP contribution in [0.4, 0.5) is 0 Å². The van der Waals surface area contributed by atoms with Crippen LogP contribution in [0.3, 0.4) is 0 Å². The number of aliphatic hydroxyl groups excluding tert-OH is 1. The third kappa shape index (κ3) is 23.7. The summed E-state index contributed by atoms with van der Waals surface area (Å²) in [6, 6.07) is 0. The molecule has 0 aromatic rings. The number of hydrogen-bond acceptors (Lipinski definition) is 1. The van der Waals surface area contributed by atoms with Crippen LogP contribution >= 0.6 is 0 Å². The third-order valence-electron chi connectivity index (χ3n) is 0. The van der Waals surface area contributed by atoms with Crippen LogP contribution in [0.1, 0.15) is 6.92 Å². The largest absolute Gasteiger partial charge is 0.397 e. The molecule has 0 aliphatic carbocycles. The fraction of sp³-hybridized carbons (Fsp3) is 1.00. The van der Waals surface area contributed by atoms with Crippen LogP contribution in [0.15, 0.2) is 0 Å². The van der Waals surface area contributed by atoms with Crippen molar-refractivity contribution in [3.05, 3.63) is 0 Å². The summed E-state index contributed by atoms with van der Waals surface area (Å²) in [6.07, 6.45) is 0. The molecule has 0 saturated heterocycles. The van der Waals surface area contributed by atoms with Crippen molar-refractivity contribution in [2.75, 3.05) is 6.61 Å². The van der Waals surface area contributed by atoms with Crippen LogP contribution < -0.4 is 0 Å². The molecular formula is C2H6OPrTi. The van der Waals surface area contributed by atoms with Gasteiger partial charge in [0.2, 0.25) is 0 Å². The fourth-order valence-electron chi connectivity index (χ4n) is 0. The maximum atomic E-state index is 7.57. The Labute approximate surface area is 80.4 Å². The number of hydrogen-bond donors (Lipinski definition) is 1. The number of aliphatic hydroxyl groups is 1. The molecule has 0 fully saturated rings. The predicted molar refractivity (Wildman–Crippen MR) is 12.8 cm³/mol. The monoisotopic (exact) mass is 235 g/mol. The van der Waals surface area contributed by atoms with Crippen molar-refractivity contribution in [1.82, 2.24) is 0 Å². The SMILES string of the molecule is CCO.[Pr].[Ti]. The Morgan fingerprint density at radius 1 is 1.60 bits per heavy atom. The van der Waals surface area contributed by atoms with Crippen LogP contribution in [-0.2, 0) is 21.7 Å². The molecule has 0 amide bonds. The van der Waals surface area contributed by atoms with Gasteiger partial charge in [0, 0.05) is 69.6 Å². The molecule has 0 aromatic heterocycles. The normalized spacial score (nSPS) is 3.60. The second-order valence-corrected chi connectivity index (χ2v) is 0.316. The van der Waals surface area contributed by atoms with E-state index in [0.717, 1.165) is 0 Å². The Morgan fingerprint density at radius 2 is 1.60 bits per heavy atom. The van der Waals surface area contributed by atoms with Gasteiger partial charge in [-0.2, -0.15) is 0 Å². The summed E-state index contributed by atoms with van der Waals surface area (Å²) in [6.45, 7) is 1.93. The minimum absolute atomic E-state index is 0. The van der Waals surface area contributed by atoms with Gasteiger partial charge >= 0.3 is 0 Å². The molecule has 5 heavy (non-hydrogen) atoms. The Hall–Kier alpha value is 2.04. The van der Waals surface area contributed by atoms with Gasteiger partial charge in [0.25, 0.3) is 0 Å². The molecule has 3 heteroatoms. The molecule has 0 rings (SSSR count). The zero-order valence-electron chi connectivity index (χ0n) is 3.23. The first-order valence-corrected chi connectivity index (χ1v) is 1.02. The van der Waals surface area contributed by atoms with E-state index in [2.05, 4.69) is 0 Å². The van der Waals surface area contributed by atoms with Gasteiger partial charge in [-0.25, -0.2) is 0 Å². The fourth-order valence-corrected chi connectivity index (χ4v) is 0.